The molecule has 0 aromatic heterocycles. The van der Waals surface area contributed by atoms with E-state index in [0.29, 0.717) is 29.8 Å². The van der Waals surface area contributed by atoms with Crippen molar-refractivity contribution in [3.8, 4) is 0 Å². The van der Waals surface area contributed by atoms with E-state index in [2.05, 4.69) is 4.99 Å². The van der Waals surface area contributed by atoms with Crippen LogP contribution in [0.3, 0.4) is 0 Å². The fourth-order valence-electron chi connectivity index (χ4n) is 3.56. The van der Waals surface area contributed by atoms with Gasteiger partial charge in [-0.2, -0.15) is 0 Å². The fourth-order valence-corrected chi connectivity index (χ4v) is 3.56. The second kappa shape index (κ2) is 7.23. The molecule has 2 aliphatic rings. The summed E-state index contributed by atoms with van der Waals surface area (Å²) in [7, 11) is 0. The number of halogens is 1. The lowest BCUT2D eigenvalue weighted by atomic mass is 9.63. The Bertz CT molecular complexity index is 824. The van der Waals surface area contributed by atoms with E-state index in [-0.39, 0.29) is 37.0 Å². The van der Waals surface area contributed by atoms with Crippen LogP contribution in [0.25, 0.3) is 0 Å². The zero-order valence-corrected chi connectivity index (χ0v) is 14.6. The highest BCUT2D eigenvalue weighted by atomic mass is 19.1. The average Bonchev–Trinajstić information content (AvgIpc) is 2.63. The Labute approximate surface area is 151 Å². The van der Waals surface area contributed by atoms with Gasteiger partial charge in [0, 0.05) is 12.8 Å². The van der Waals surface area contributed by atoms with E-state index >= 15 is 0 Å². The third-order valence-electron chi connectivity index (χ3n) is 4.86. The first kappa shape index (κ1) is 18.0. The summed E-state index contributed by atoms with van der Waals surface area (Å²) in [5.74, 6) is -0.678. The summed E-state index contributed by atoms with van der Waals surface area (Å²) in [5, 5.41) is 0. The Balaban J connectivity index is 2.06. The molecule has 1 aromatic carbocycles. The molecule has 2 aliphatic carbocycles. The quantitative estimate of drug-likeness (QED) is 0.842. The SMILES string of the molecule is CCOC(=O)[C@@]12CC(=O)CCC1=CC(=Nc1ccc(F)cc1)C(=CN)C2. The molecule has 0 saturated heterocycles. The number of rotatable bonds is 3. The lowest BCUT2D eigenvalue weighted by molar-refractivity contribution is -0.156. The van der Waals surface area contributed by atoms with Crippen LogP contribution in [0.1, 0.15) is 32.6 Å². The van der Waals surface area contributed by atoms with Crippen molar-refractivity contribution in [3.05, 3.63) is 53.5 Å². The van der Waals surface area contributed by atoms with Crippen molar-refractivity contribution in [1.29, 1.82) is 0 Å². The number of Topliss-reactive ketones (excluding diaryl/α,β-unsaturated/α-hetero) is 1. The highest BCUT2D eigenvalue weighted by Crippen LogP contribution is 2.48. The molecule has 2 N–H and O–H groups in total. The highest BCUT2D eigenvalue weighted by Gasteiger charge is 2.50. The predicted molar refractivity (Wildman–Crippen MR) is 96.4 cm³/mol. The van der Waals surface area contributed by atoms with Crippen molar-refractivity contribution in [2.24, 2.45) is 16.1 Å². The summed E-state index contributed by atoms with van der Waals surface area (Å²) in [4.78, 5) is 29.3. The number of carbonyl (C=O) groups is 2. The second-order valence-corrected chi connectivity index (χ2v) is 6.53. The van der Waals surface area contributed by atoms with Gasteiger partial charge in [-0.3, -0.25) is 9.59 Å². The molecule has 1 saturated carbocycles. The minimum atomic E-state index is -0.988. The number of hydrogen-bond acceptors (Lipinski definition) is 5. The van der Waals surface area contributed by atoms with Crippen LogP contribution in [-0.2, 0) is 14.3 Å². The standard InChI is InChI=1S/C20H21FN2O3/c1-2-26-19(25)20-10-13(12-22)18(9-14(20)3-8-17(24)11-20)23-16-6-4-15(21)5-7-16/h4-7,9,12H,2-3,8,10-11,22H2,1H3/t20-/m0/s1. The fraction of sp³-hybridized carbons (Fsp3) is 0.350. The van der Waals surface area contributed by atoms with Gasteiger partial charge in [0.25, 0.3) is 0 Å². The number of nitrogens with zero attached hydrogens (tertiary/aromatic N) is 1. The van der Waals surface area contributed by atoms with Crippen LogP contribution in [0, 0.1) is 11.2 Å². The normalized spacial score (nSPS) is 25.8. The minimum absolute atomic E-state index is 0.0468. The van der Waals surface area contributed by atoms with E-state index in [1.54, 1.807) is 19.1 Å². The van der Waals surface area contributed by atoms with Crippen molar-refractivity contribution >= 4 is 23.2 Å². The molecule has 0 spiro atoms. The first-order valence-electron chi connectivity index (χ1n) is 8.64. The van der Waals surface area contributed by atoms with E-state index in [9.17, 15) is 14.0 Å². The summed E-state index contributed by atoms with van der Waals surface area (Å²) >= 11 is 0. The molecule has 0 bridgehead atoms. The highest BCUT2D eigenvalue weighted by molar-refractivity contribution is 6.13. The molecule has 0 radical (unpaired) electrons. The van der Waals surface area contributed by atoms with Gasteiger partial charge in [-0.25, -0.2) is 9.38 Å². The summed E-state index contributed by atoms with van der Waals surface area (Å²) in [6.45, 7) is 1.99. The van der Waals surface area contributed by atoms with E-state index in [1.807, 2.05) is 6.08 Å². The van der Waals surface area contributed by atoms with Crippen molar-refractivity contribution in [3.63, 3.8) is 0 Å². The van der Waals surface area contributed by atoms with Gasteiger partial charge in [0.15, 0.2) is 0 Å². The van der Waals surface area contributed by atoms with Gasteiger partial charge in [0.2, 0.25) is 0 Å². The van der Waals surface area contributed by atoms with Crippen molar-refractivity contribution in [2.75, 3.05) is 6.61 Å². The lowest BCUT2D eigenvalue weighted by Gasteiger charge is -2.40. The number of fused-ring (bicyclic) bond motifs is 1. The summed E-state index contributed by atoms with van der Waals surface area (Å²) in [6.07, 6.45) is 4.54. The number of ketones is 1. The molecule has 1 fully saturated rings. The van der Waals surface area contributed by atoms with Gasteiger partial charge in [-0.15, -0.1) is 0 Å². The maximum Gasteiger partial charge on any atom is 0.317 e. The Morgan fingerprint density at radius 2 is 2.04 bits per heavy atom. The Kier molecular flexibility index (Phi) is 5.02. The number of aliphatic imine (C=N–C) groups is 1. The van der Waals surface area contributed by atoms with Crippen LogP contribution in [0.2, 0.25) is 0 Å². The molecular weight excluding hydrogens is 335 g/mol. The van der Waals surface area contributed by atoms with Gasteiger partial charge in [-0.1, -0.05) is 0 Å². The monoisotopic (exact) mass is 356 g/mol. The molecule has 1 atom stereocenters. The Morgan fingerprint density at radius 3 is 2.69 bits per heavy atom. The number of ether oxygens (including phenoxy) is 1. The number of esters is 1. The number of allylic oxidation sites excluding steroid dienone is 2. The van der Waals surface area contributed by atoms with Gasteiger partial charge >= 0.3 is 5.97 Å². The smallest absolute Gasteiger partial charge is 0.317 e. The number of hydrogen-bond donors (Lipinski definition) is 1. The average molecular weight is 356 g/mol. The molecule has 136 valence electrons. The maximum absolute atomic E-state index is 13.1. The van der Waals surface area contributed by atoms with Gasteiger partial charge in [-0.05, 0) is 67.5 Å². The number of benzene rings is 1. The van der Waals surface area contributed by atoms with E-state index < -0.39 is 5.41 Å². The van der Waals surface area contributed by atoms with Gasteiger partial charge in [0.05, 0.1) is 18.0 Å². The molecule has 0 heterocycles. The van der Waals surface area contributed by atoms with E-state index in [0.717, 1.165) is 5.57 Å². The Hall–Kier alpha value is -2.76. The Morgan fingerprint density at radius 1 is 1.31 bits per heavy atom. The van der Waals surface area contributed by atoms with E-state index in [4.69, 9.17) is 10.5 Å². The summed E-state index contributed by atoms with van der Waals surface area (Å²) in [6, 6.07) is 5.83. The first-order valence-corrected chi connectivity index (χ1v) is 8.64. The first-order chi connectivity index (χ1) is 12.5. The van der Waals surface area contributed by atoms with Crippen LogP contribution in [0.15, 0.2) is 52.7 Å². The van der Waals surface area contributed by atoms with Gasteiger partial charge < -0.3 is 10.5 Å². The summed E-state index contributed by atoms with van der Waals surface area (Å²) < 4.78 is 18.4. The van der Waals surface area contributed by atoms with Crippen LogP contribution in [0.4, 0.5) is 10.1 Å². The lowest BCUT2D eigenvalue weighted by Crippen LogP contribution is -2.43. The molecule has 26 heavy (non-hydrogen) atoms. The molecule has 3 rings (SSSR count). The van der Waals surface area contributed by atoms with Crippen LogP contribution in [0.5, 0.6) is 0 Å². The zero-order valence-electron chi connectivity index (χ0n) is 14.6. The zero-order chi connectivity index (χ0) is 18.7. The van der Waals surface area contributed by atoms with Crippen LogP contribution >= 0.6 is 0 Å². The number of nitrogens with two attached hydrogens (primary N) is 1. The number of carbonyl (C=O) groups excluding carboxylic acids is 2. The van der Waals surface area contributed by atoms with Crippen molar-refractivity contribution in [2.45, 2.75) is 32.6 Å². The molecule has 1 aromatic rings. The molecule has 0 unspecified atom stereocenters. The van der Waals surface area contributed by atoms with Crippen molar-refractivity contribution in [1.82, 2.24) is 0 Å². The molecular formula is C20H21FN2O3. The third-order valence-corrected chi connectivity index (χ3v) is 4.86. The van der Waals surface area contributed by atoms with E-state index in [1.165, 1.54) is 18.3 Å². The summed E-state index contributed by atoms with van der Waals surface area (Å²) in [5.41, 5.74) is 7.54. The topological polar surface area (TPSA) is 81.8 Å². The largest absolute Gasteiger partial charge is 0.465 e. The minimum Gasteiger partial charge on any atom is -0.465 e. The second-order valence-electron chi connectivity index (χ2n) is 6.53. The third kappa shape index (κ3) is 3.31. The van der Waals surface area contributed by atoms with Gasteiger partial charge in [0.1, 0.15) is 17.0 Å². The molecule has 0 amide bonds. The van der Waals surface area contributed by atoms with Crippen LogP contribution in [-0.4, -0.2) is 24.1 Å². The van der Waals surface area contributed by atoms with Crippen LogP contribution < -0.4 is 5.73 Å². The maximum atomic E-state index is 13.1. The molecule has 5 nitrogen and oxygen atoms in total. The molecule has 0 aliphatic heterocycles. The molecule has 6 heteroatoms. The predicted octanol–water partition coefficient (Wildman–Crippen LogP) is 3.37. The van der Waals surface area contributed by atoms with Crippen molar-refractivity contribution < 1.29 is 18.7 Å².